The van der Waals surface area contributed by atoms with Gasteiger partial charge in [0.25, 0.3) is 16.1 Å². The predicted octanol–water partition coefficient (Wildman–Crippen LogP) is 4.11. The number of β-lactam (4-membered cyclic amide) rings is 1. The van der Waals surface area contributed by atoms with Crippen LogP contribution in [0.25, 0.3) is 0 Å². The third-order valence-corrected chi connectivity index (χ3v) is 11.7. The number of thiazole rings is 1. The molecule has 5 N–H and O–H groups in total. The van der Waals surface area contributed by atoms with Crippen LogP contribution < -0.4 is 35.7 Å². The van der Waals surface area contributed by atoms with E-state index in [1.807, 2.05) is 48.5 Å². The molecule has 0 aliphatic carbocycles. The lowest BCUT2D eigenvalue weighted by Crippen LogP contribution is -2.72. The Morgan fingerprint density at radius 2 is 1.49 bits per heavy atom. The minimum atomic E-state index is -4.81. The van der Waals surface area contributed by atoms with Crippen LogP contribution in [0.5, 0.6) is 5.75 Å². The molecule has 24 heteroatoms. The van der Waals surface area contributed by atoms with Crippen molar-refractivity contribution in [2.75, 3.05) is 11.9 Å². The monoisotopic (exact) mass is 1030 g/mol. The molecule has 3 atom stereocenters. The molecule has 1 aliphatic rings. The Labute approximate surface area is 416 Å². The number of hydrogen-bond donors (Lipinski definition) is 5. The van der Waals surface area contributed by atoms with Crippen molar-refractivity contribution in [2.24, 2.45) is 5.16 Å². The molecule has 71 heavy (non-hydrogen) atoms. The number of amides is 3. The summed E-state index contributed by atoms with van der Waals surface area (Å²) in [6, 6.07) is 16.8. The Morgan fingerprint density at radius 1 is 0.887 bits per heavy atom. The van der Waals surface area contributed by atoms with E-state index in [1.165, 1.54) is 30.2 Å². The molecule has 0 radical (unpaired) electrons. The molecule has 5 rings (SSSR count). The summed E-state index contributed by atoms with van der Waals surface area (Å²) >= 11 is 0.906. The zero-order valence-corrected chi connectivity index (χ0v) is 43.1. The van der Waals surface area contributed by atoms with Crippen molar-refractivity contribution in [1.29, 1.82) is 0 Å². The molecule has 0 saturated carbocycles. The fraction of sp³-hybridized carbons (Fsp3) is 0.468. The van der Waals surface area contributed by atoms with Gasteiger partial charge in [0.15, 0.2) is 16.6 Å². The molecule has 22 nitrogen and oxygen atoms in total. The smallest absolute Gasteiger partial charge is 0.413 e. The quantitative estimate of drug-likeness (QED) is 0.0258. The third-order valence-electron chi connectivity index (χ3n) is 9.45. The molecule has 3 unspecified atom stereocenters. The summed E-state index contributed by atoms with van der Waals surface area (Å²) in [5.74, 6) is -2.65. The lowest BCUT2D eigenvalue weighted by molar-refractivity contribution is -0.217. The second-order valence-electron chi connectivity index (χ2n) is 19.6. The number of oxime groups is 1. The van der Waals surface area contributed by atoms with Gasteiger partial charge in [-0.15, -0.1) is 15.6 Å². The average Bonchev–Trinajstić information content (AvgIpc) is 3.71. The van der Waals surface area contributed by atoms with Crippen LogP contribution in [0.15, 0.2) is 88.3 Å². The largest absolute Gasteiger partial charge is 0.483 e. The Hall–Kier alpha value is -6.44. The number of nitrogens with zero attached hydrogens (tertiary/aromatic N) is 4. The molecule has 386 valence electrons. The summed E-state index contributed by atoms with van der Waals surface area (Å²) in [5.41, 5.74) is -4.34. The van der Waals surface area contributed by atoms with Gasteiger partial charge in [-0.25, -0.2) is 14.6 Å². The molecular weight excluding hydrogens is 965 g/mol. The summed E-state index contributed by atoms with van der Waals surface area (Å²) in [6.07, 6.45) is -1.69. The van der Waals surface area contributed by atoms with E-state index in [1.54, 1.807) is 74.4 Å². The number of carbonyl (C=O) groups is 4. The topological polar surface area (TPSA) is 277 Å². The molecule has 2 aromatic heterocycles. The van der Waals surface area contributed by atoms with Crippen molar-refractivity contribution in [3.05, 3.63) is 111 Å². The maximum Gasteiger partial charge on any atom is 0.413 e. The van der Waals surface area contributed by atoms with Crippen LogP contribution in [0.4, 0.5) is 9.93 Å². The number of aliphatic hydroxyl groups is 1. The van der Waals surface area contributed by atoms with Crippen molar-refractivity contribution in [2.45, 2.75) is 137 Å². The van der Waals surface area contributed by atoms with Crippen LogP contribution in [0.3, 0.4) is 0 Å². The van der Waals surface area contributed by atoms with Gasteiger partial charge < -0.3 is 44.4 Å². The SMILES string of the molecule is CC(C)(C)OC(=O)Nc1nc(C(=NOC(C)(C)C(=O)OC(C)(C)C)C(=O)NC2C(=O)NC2CNS(=O)(=O)N(Cc2cc(=O)c(OCc3ccccc3)cn2OCc2ccccc2)C(O)OC(C)(C)C)cs1. The molecule has 0 spiro atoms. The van der Waals surface area contributed by atoms with Gasteiger partial charge in [0, 0.05) is 18.0 Å². The fourth-order valence-electron chi connectivity index (χ4n) is 6.05. The van der Waals surface area contributed by atoms with E-state index in [0.717, 1.165) is 28.5 Å². The van der Waals surface area contributed by atoms with Crippen LogP contribution >= 0.6 is 11.3 Å². The number of aliphatic hydroxyl groups excluding tert-OH is 1. The summed E-state index contributed by atoms with van der Waals surface area (Å²) in [4.78, 5) is 82.0. The molecule has 4 aromatic rings. The minimum absolute atomic E-state index is 0.00379. The maximum absolute atomic E-state index is 14.3. The Bertz CT molecular complexity index is 2710. The van der Waals surface area contributed by atoms with Gasteiger partial charge in [-0.2, -0.15) is 17.9 Å². The van der Waals surface area contributed by atoms with Gasteiger partial charge in [0.05, 0.1) is 30.1 Å². The lowest BCUT2D eigenvalue weighted by atomic mass is 9.99. The van der Waals surface area contributed by atoms with Gasteiger partial charge >= 0.3 is 12.1 Å². The fourth-order valence-corrected chi connectivity index (χ4v) is 7.87. The molecule has 1 fully saturated rings. The number of esters is 1. The average molecular weight is 1030 g/mol. The summed E-state index contributed by atoms with van der Waals surface area (Å²) < 4.78 is 55.0. The van der Waals surface area contributed by atoms with E-state index in [4.69, 9.17) is 28.6 Å². The number of carbonyl (C=O) groups excluding carboxylic acids is 4. The predicted molar refractivity (Wildman–Crippen MR) is 261 cm³/mol. The summed E-state index contributed by atoms with van der Waals surface area (Å²) in [5, 5.41) is 24.3. The molecular formula is C47H62N8O14S2. The van der Waals surface area contributed by atoms with Gasteiger partial charge in [-0.1, -0.05) is 65.8 Å². The maximum atomic E-state index is 14.3. The van der Waals surface area contributed by atoms with Gasteiger partial charge in [0.2, 0.25) is 23.4 Å². The molecule has 3 amide bonds. The summed E-state index contributed by atoms with van der Waals surface area (Å²) in [6.45, 7) is 16.3. The van der Waals surface area contributed by atoms with Crippen molar-refractivity contribution in [3.8, 4) is 5.75 Å². The molecule has 2 aromatic carbocycles. The van der Waals surface area contributed by atoms with E-state index in [0.29, 0.717) is 4.31 Å². The van der Waals surface area contributed by atoms with Crippen molar-refractivity contribution in [3.63, 3.8) is 0 Å². The number of rotatable bonds is 21. The van der Waals surface area contributed by atoms with Crippen LogP contribution in [-0.2, 0) is 63.4 Å². The van der Waals surface area contributed by atoms with Crippen molar-refractivity contribution >= 4 is 56.3 Å². The first kappa shape index (κ1) is 55.5. The molecule has 0 bridgehead atoms. The first-order chi connectivity index (χ1) is 33.0. The number of aromatic nitrogens is 2. The second kappa shape index (κ2) is 22.8. The molecule has 1 aliphatic heterocycles. The number of ether oxygens (including phenoxy) is 4. The number of hydrogen-bond acceptors (Lipinski definition) is 17. The Morgan fingerprint density at radius 3 is 2.07 bits per heavy atom. The second-order valence-corrected chi connectivity index (χ2v) is 22.1. The van der Waals surface area contributed by atoms with E-state index < -0.39 is 99.2 Å². The Kier molecular flexibility index (Phi) is 17.8. The first-order valence-corrected chi connectivity index (χ1v) is 24.6. The highest BCUT2D eigenvalue weighted by Gasteiger charge is 2.44. The van der Waals surface area contributed by atoms with E-state index in [-0.39, 0.29) is 35.5 Å². The Balaban J connectivity index is 1.39. The van der Waals surface area contributed by atoms with Crippen LogP contribution in [0, 0.1) is 0 Å². The molecule has 1 saturated heterocycles. The normalized spacial score (nSPS) is 16.0. The number of pyridine rings is 1. The number of nitrogens with one attached hydrogen (secondary N) is 4. The zero-order valence-electron chi connectivity index (χ0n) is 41.4. The highest BCUT2D eigenvalue weighted by atomic mass is 32.2. The highest BCUT2D eigenvalue weighted by Crippen LogP contribution is 2.23. The number of anilines is 1. The molecule has 3 heterocycles. The number of benzene rings is 2. The first-order valence-electron chi connectivity index (χ1n) is 22.3. The van der Waals surface area contributed by atoms with Gasteiger partial charge in [-0.3, -0.25) is 19.7 Å². The van der Waals surface area contributed by atoms with Crippen LogP contribution in [-0.4, -0.2) is 105 Å². The van der Waals surface area contributed by atoms with E-state index in [9.17, 15) is 37.5 Å². The van der Waals surface area contributed by atoms with Gasteiger partial charge in [-0.05, 0) is 87.3 Å². The lowest BCUT2D eigenvalue weighted by Gasteiger charge is -2.38. The van der Waals surface area contributed by atoms with E-state index >= 15 is 0 Å². The van der Waals surface area contributed by atoms with Gasteiger partial charge in [0.1, 0.15) is 36.2 Å². The van der Waals surface area contributed by atoms with Crippen LogP contribution in [0.2, 0.25) is 0 Å². The van der Waals surface area contributed by atoms with Crippen LogP contribution in [0.1, 0.15) is 98.7 Å². The summed E-state index contributed by atoms with van der Waals surface area (Å²) in [7, 11) is -4.81. The minimum Gasteiger partial charge on any atom is -0.483 e. The third kappa shape index (κ3) is 16.9. The standard InChI is InChI=1S/C47H62N8O14S2/c1-44(2,3)66-40(59)47(10,11)69-53-37(33-28-70-41(50-33)52-42(60)67-45(4,5)6)39(58)51-36-32(49-38(36)57)23-48-71(62,63)55(43(61)68-46(7,8)9)24-31-22-34(56)35(64-26-29-18-14-12-15-19-29)25-54(31)65-27-30-20-16-13-17-21-30/h12-22,25,28,32,36,43,48,61H,23-24,26-27H2,1-11H3,(H,49,57)(H,51,58)(H,50,52,60). The van der Waals surface area contributed by atoms with E-state index in [2.05, 4.69) is 30.8 Å². The zero-order chi connectivity index (χ0) is 52.5. The van der Waals surface area contributed by atoms with Crippen molar-refractivity contribution < 1.29 is 61.3 Å². The van der Waals surface area contributed by atoms with Crippen molar-refractivity contribution in [1.82, 2.24) is 29.4 Å². The highest BCUT2D eigenvalue weighted by molar-refractivity contribution is 7.87.